The molecule has 0 saturated carbocycles. The minimum absolute atomic E-state index is 0.146. The van der Waals surface area contributed by atoms with E-state index < -0.39 is 0 Å². The molecular formula is C12H16N2O2. The van der Waals surface area contributed by atoms with E-state index in [-0.39, 0.29) is 5.91 Å². The van der Waals surface area contributed by atoms with Gasteiger partial charge in [0.25, 0.3) is 5.91 Å². The van der Waals surface area contributed by atoms with Gasteiger partial charge in [-0.3, -0.25) is 4.79 Å². The molecule has 1 aliphatic heterocycles. The molecule has 0 radical (unpaired) electrons. The van der Waals surface area contributed by atoms with Crippen LogP contribution >= 0.6 is 0 Å². The van der Waals surface area contributed by atoms with Gasteiger partial charge < -0.3 is 15.1 Å². The molecule has 86 valence electrons. The normalized spacial score (nSPS) is 15.7. The Morgan fingerprint density at radius 3 is 3.06 bits per heavy atom. The maximum absolute atomic E-state index is 11.7. The van der Waals surface area contributed by atoms with E-state index >= 15 is 0 Å². The minimum atomic E-state index is -0.146. The third-order valence-electron chi connectivity index (χ3n) is 2.60. The van der Waals surface area contributed by atoms with Gasteiger partial charge in [0.05, 0.1) is 0 Å². The lowest BCUT2D eigenvalue weighted by Gasteiger charge is -2.13. The van der Waals surface area contributed by atoms with E-state index in [1.165, 1.54) is 5.57 Å². The summed E-state index contributed by atoms with van der Waals surface area (Å²) in [6, 6.07) is 3.49. The number of rotatable bonds is 3. The van der Waals surface area contributed by atoms with Gasteiger partial charge in [0.1, 0.15) is 5.76 Å². The molecule has 1 aromatic rings. The Kier molecular flexibility index (Phi) is 3.41. The minimum Gasteiger partial charge on any atom is -0.456 e. The van der Waals surface area contributed by atoms with Crippen molar-refractivity contribution < 1.29 is 9.21 Å². The van der Waals surface area contributed by atoms with Crippen molar-refractivity contribution in [2.45, 2.75) is 13.3 Å². The van der Waals surface area contributed by atoms with E-state index in [2.05, 4.69) is 16.7 Å². The van der Waals surface area contributed by atoms with E-state index in [0.29, 0.717) is 12.3 Å². The molecule has 1 amide bonds. The van der Waals surface area contributed by atoms with Gasteiger partial charge in [-0.15, -0.1) is 0 Å². The lowest BCUT2D eigenvalue weighted by Crippen LogP contribution is -2.29. The zero-order chi connectivity index (χ0) is 11.4. The van der Waals surface area contributed by atoms with Gasteiger partial charge in [0.15, 0.2) is 5.76 Å². The van der Waals surface area contributed by atoms with Crippen LogP contribution in [0.15, 0.2) is 28.2 Å². The highest BCUT2D eigenvalue weighted by Crippen LogP contribution is 2.07. The lowest BCUT2D eigenvalue weighted by atomic mass is 10.1. The number of furan rings is 1. The largest absolute Gasteiger partial charge is 0.456 e. The first-order valence-electron chi connectivity index (χ1n) is 5.49. The van der Waals surface area contributed by atoms with Crippen LogP contribution in [0, 0.1) is 6.92 Å². The first-order valence-corrected chi connectivity index (χ1v) is 5.49. The number of aryl methyl sites for hydroxylation is 1. The molecule has 0 atom stereocenters. The highest BCUT2D eigenvalue weighted by molar-refractivity contribution is 5.91. The van der Waals surface area contributed by atoms with Gasteiger partial charge >= 0.3 is 0 Å². The van der Waals surface area contributed by atoms with Gasteiger partial charge in [-0.2, -0.15) is 0 Å². The van der Waals surface area contributed by atoms with Gasteiger partial charge in [0.2, 0.25) is 0 Å². The van der Waals surface area contributed by atoms with Crippen molar-refractivity contribution in [2.75, 3.05) is 19.6 Å². The fourth-order valence-corrected chi connectivity index (χ4v) is 1.67. The Morgan fingerprint density at radius 2 is 2.44 bits per heavy atom. The van der Waals surface area contributed by atoms with Crippen molar-refractivity contribution in [1.82, 2.24) is 10.6 Å². The van der Waals surface area contributed by atoms with Gasteiger partial charge in [-0.05, 0) is 32.0 Å². The predicted octanol–water partition coefficient (Wildman–Crippen LogP) is 1.24. The van der Waals surface area contributed by atoms with Crippen LogP contribution in [0.4, 0.5) is 0 Å². The molecule has 1 aliphatic rings. The summed E-state index contributed by atoms with van der Waals surface area (Å²) in [5.41, 5.74) is 1.27. The second-order valence-electron chi connectivity index (χ2n) is 3.91. The molecule has 2 rings (SSSR count). The Labute approximate surface area is 94.7 Å². The van der Waals surface area contributed by atoms with Gasteiger partial charge in [-0.25, -0.2) is 0 Å². The summed E-state index contributed by atoms with van der Waals surface area (Å²) in [7, 11) is 0. The first kappa shape index (κ1) is 11.0. The molecule has 0 saturated heterocycles. The van der Waals surface area contributed by atoms with Crippen molar-refractivity contribution >= 4 is 5.91 Å². The molecule has 4 nitrogen and oxygen atoms in total. The second-order valence-corrected chi connectivity index (χ2v) is 3.91. The molecule has 4 heteroatoms. The summed E-state index contributed by atoms with van der Waals surface area (Å²) < 4.78 is 5.24. The Bertz CT molecular complexity index is 407. The van der Waals surface area contributed by atoms with Gasteiger partial charge in [-0.1, -0.05) is 11.6 Å². The molecule has 16 heavy (non-hydrogen) atoms. The topological polar surface area (TPSA) is 54.3 Å². The molecule has 0 spiro atoms. The number of carbonyl (C=O) groups excluding carboxylic acids is 1. The molecule has 2 N–H and O–H groups in total. The number of amides is 1. The molecule has 0 fully saturated rings. The van der Waals surface area contributed by atoms with E-state index in [0.717, 1.165) is 25.3 Å². The summed E-state index contributed by atoms with van der Waals surface area (Å²) in [6.45, 7) is 4.32. The highest BCUT2D eigenvalue weighted by atomic mass is 16.3. The number of hydrogen-bond acceptors (Lipinski definition) is 3. The molecule has 2 heterocycles. The Hall–Kier alpha value is -1.55. The van der Waals surface area contributed by atoms with Crippen LogP contribution in [0.3, 0.4) is 0 Å². The molecule has 0 bridgehead atoms. The summed E-state index contributed by atoms with van der Waals surface area (Å²) in [6.07, 6.45) is 3.12. The fourth-order valence-electron chi connectivity index (χ4n) is 1.67. The van der Waals surface area contributed by atoms with Crippen LogP contribution in [0.25, 0.3) is 0 Å². The maximum Gasteiger partial charge on any atom is 0.287 e. The highest BCUT2D eigenvalue weighted by Gasteiger charge is 2.10. The smallest absolute Gasteiger partial charge is 0.287 e. The summed E-state index contributed by atoms with van der Waals surface area (Å²) in [5, 5.41) is 6.08. The van der Waals surface area contributed by atoms with E-state index in [4.69, 9.17) is 4.42 Å². The third kappa shape index (κ3) is 2.73. The quantitative estimate of drug-likeness (QED) is 0.753. The van der Waals surface area contributed by atoms with Crippen LogP contribution < -0.4 is 10.6 Å². The molecule has 0 aliphatic carbocycles. The van der Waals surface area contributed by atoms with Crippen LogP contribution in [-0.2, 0) is 0 Å². The standard InChI is InChI=1S/C12H16N2O2/c1-9-2-3-11(16-9)12(15)14-8-10-4-6-13-7-5-10/h2-4,13H,5-8H2,1H3,(H,14,15). The number of nitrogens with one attached hydrogen (secondary N) is 2. The van der Waals surface area contributed by atoms with Crippen molar-refractivity contribution in [1.29, 1.82) is 0 Å². The van der Waals surface area contributed by atoms with E-state index in [1.54, 1.807) is 12.1 Å². The van der Waals surface area contributed by atoms with Crippen LogP contribution in [0.5, 0.6) is 0 Å². The third-order valence-corrected chi connectivity index (χ3v) is 2.60. The summed E-state index contributed by atoms with van der Waals surface area (Å²) in [4.78, 5) is 11.7. The van der Waals surface area contributed by atoms with Crippen LogP contribution in [-0.4, -0.2) is 25.5 Å². The summed E-state index contributed by atoms with van der Waals surface area (Å²) in [5.74, 6) is 0.991. The SMILES string of the molecule is Cc1ccc(C(=O)NCC2=CCNCC2)o1. The lowest BCUT2D eigenvalue weighted by molar-refractivity contribution is 0.0927. The van der Waals surface area contributed by atoms with Crippen molar-refractivity contribution in [2.24, 2.45) is 0 Å². The molecular weight excluding hydrogens is 204 g/mol. The van der Waals surface area contributed by atoms with E-state index in [9.17, 15) is 4.79 Å². The molecule has 0 aromatic carbocycles. The van der Waals surface area contributed by atoms with E-state index in [1.807, 2.05) is 6.92 Å². The second kappa shape index (κ2) is 4.99. The molecule has 1 aromatic heterocycles. The Balaban J connectivity index is 1.86. The van der Waals surface area contributed by atoms with Crippen molar-refractivity contribution in [3.05, 3.63) is 35.3 Å². The summed E-state index contributed by atoms with van der Waals surface area (Å²) >= 11 is 0. The zero-order valence-electron chi connectivity index (χ0n) is 9.38. The number of carbonyl (C=O) groups is 1. The number of hydrogen-bond donors (Lipinski definition) is 2. The maximum atomic E-state index is 11.7. The average Bonchev–Trinajstić information content (AvgIpc) is 2.74. The monoisotopic (exact) mass is 220 g/mol. The van der Waals surface area contributed by atoms with Crippen LogP contribution in [0.1, 0.15) is 22.7 Å². The zero-order valence-corrected chi connectivity index (χ0v) is 9.38. The Morgan fingerprint density at radius 1 is 1.56 bits per heavy atom. The fraction of sp³-hybridized carbons (Fsp3) is 0.417. The van der Waals surface area contributed by atoms with Gasteiger partial charge in [0, 0.05) is 13.1 Å². The van der Waals surface area contributed by atoms with Crippen molar-refractivity contribution in [3.8, 4) is 0 Å². The average molecular weight is 220 g/mol. The first-order chi connectivity index (χ1) is 7.75. The molecule has 0 unspecified atom stereocenters. The van der Waals surface area contributed by atoms with Crippen molar-refractivity contribution in [3.63, 3.8) is 0 Å². The van der Waals surface area contributed by atoms with Crippen LogP contribution in [0.2, 0.25) is 0 Å². The predicted molar refractivity (Wildman–Crippen MR) is 61.3 cm³/mol.